The molecule has 3 aromatic carbocycles. The molecular weight excluding hydrogens is 502 g/mol. The molecule has 208 valence electrons. The van der Waals surface area contributed by atoms with Crippen LogP contribution in [0.3, 0.4) is 0 Å². The molecule has 0 spiro atoms. The maximum absolute atomic E-state index is 12.2. The maximum atomic E-state index is 12.2. The van der Waals surface area contributed by atoms with E-state index in [1.165, 1.54) is 37.7 Å². The summed E-state index contributed by atoms with van der Waals surface area (Å²) in [4.78, 5) is 16.9. The molecule has 1 unspecified atom stereocenters. The van der Waals surface area contributed by atoms with Gasteiger partial charge in [-0.3, -0.25) is 0 Å². The Kier molecular flexibility index (Phi) is 8.54. The highest BCUT2D eigenvalue weighted by Crippen LogP contribution is 2.34. The van der Waals surface area contributed by atoms with Gasteiger partial charge in [-0.05, 0) is 80.1 Å². The van der Waals surface area contributed by atoms with Crippen molar-refractivity contribution in [3.8, 4) is 23.0 Å². The van der Waals surface area contributed by atoms with Gasteiger partial charge in [0.05, 0.1) is 12.3 Å². The number of hydrogen-bond acceptors (Lipinski definition) is 5. The van der Waals surface area contributed by atoms with Gasteiger partial charge in [0, 0.05) is 18.4 Å². The van der Waals surface area contributed by atoms with Gasteiger partial charge >= 0.3 is 5.97 Å². The van der Waals surface area contributed by atoms with Crippen LogP contribution >= 0.6 is 0 Å². The van der Waals surface area contributed by atoms with Gasteiger partial charge in [0.2, 0.25) is 11.5 Å². The zero-order valence-corrected chi connectivity index (χ0v) is 23.3. The van der Waals surface area contributed by atoms with E-state index in [1.54, 1.807) is 6.92 Å². The minimum absolute atomic E-state index is 0.230. The molecule has 1 saturated carbocycles. The van der Waals surface area contributed by atoms with Crippen molar-refractivity contribution >= 4 is 5.97 Å². The summed E-state index contributed by atoms with van der Waals surface area (Å²) < 4.78 is 17.8. The lowest BCUT2D eigenvalue weighted by atomic mass is 9.84. The summed E-state index contributed by atoms with van der Waals surface area (Å²) in [5, 5.41) is 10.0. The third-order valence-corrected chi connectivity index (χ3v) is 7.74. The Morgan fingerprint density at radius 2 is 1.62 bits per heavy atom. The van der Waals surface area contributed by atoms with Gasteiger partial charge in [-0.2, -0.15) is 0 Å². The van der Waals surface area contributed by atoms with Crippen molar-refractivity contribution in [1.82, 2.24) is 4.98 Å². The van der Waals surface area contributed by atoms with E-state index in [2.05, 4.69) is 17.1 Å². The number of hydrogen-bond donors (Lipinski definition) is 1. The quantitative estimate of drug-likeness (QED) is 0.210. The van der Waals surface area contributed by atoms with E-state index in [9.17, 15) is 9.90 Å². The molecule has 0 saturated heterocycles. The van der Waals surface area contributed by atoms with Crippen LogP contribution in [0.2, 0.25) is 0 Å². The molecule has 5 rings (SSSR count). The average molecular weight is 540 g/mol. The highest BCUT2D eigenvalue weighted by Gasteiger charge is 2.36. The fraction of sp³-hybridized carbons (Fsp3) is 0.353. The average Bonchev–Trinajstić information content (AvgIpc) is 3.35. The summed E-state index contributed by atoms with van der Waals surface area (Å²) in [6.07, 6.45) is 7.17. The van der Waals surface area contributed by atoms with Gasteiger partial charge in [-0.1, -0.05) is 61.7 Å². The molecule has 1 aliphatic carbocycles. The van der Waals surface area contributed by atoms with Crippen LogP contribution in [0.25, 0.3) is 11.5 Å². The minimum atomic E-state index is -1.39. The Bertz CT molecular complexity index is 1390. The van der Waals surface area contributed by atoms with E-state index in [-0.39, 0.29) is 6.42 Å². The van der Waals surface area contributed by atoms with Crippen LogP contribution in [-0.2, 0) is 17.6 Å². The summed E-state index contributed by atoms with van der Waals surface area (Å²) in [7, 11) is 0. The molecule has 6 heteroatoms. The first-order valence-corrected chi connectivity index (χ1v) is 14.2. The summed E-state index contributed by atoms with van der Waals surface area (Å²) >= 11 is 0. The molecular formula is C34H37NO5. The molecule has 1 atom stereocenters. The van der Waals surface area contributed by atoms with E-state index in [0.717, 1.165) is 22.6 Å². The third-order valence-electron chi connectivity index (χ3n) is 7.74. The zero-order chi connectivity index (χ0) is 28.0. The van der Waals surface area contributed by atoms with Crippen LogP contribution in [-0.4, -0.2) is 28.3 Å². The number of aromatic nitrogens is 1. The Morgan fingerprint density at radius 1 is 0.950 bits per heavy atom. The monoisotopic (exact) mass is 539 g/mol. The van der Waals surface area contributed by atoms with Crippen molar-refractivity contribution in [2.75, 3.05) is 6.61 Å². The standard InChI is InChI=1S/C34H37NO5/c1-24-31(35-32(39-24)28-11-7-4-8-12-28)21-22-38-29-17-13-25(14-18-29)23-34(2,33(36)37)40-30-19-15-27(16-20-30)26-9-5-3-6-10-26/h4,7-8,11-20,26H,3,5-6,9-10,21-23H2,1-2H3,(H,36,37). The molecule has 1 aliphatic rings. The summed E-state index contributed by atoms with van der Waals surface area (Å²) in [5.41, 5.74) is 2.60. The number of carboxylic acids is 1. The molecule has 0 bridgehead atoms. The number of oxazole rings is 1. The number of aliphatic carboxylic acids is 1. The first-order valence-electron chi connectivity index (χ1n) is 14.2. The van der Waals surface area contributed by atoms with Crippen LogP contribution in [0.1, 0.15) is 67.5 Å². The highest BCUT2D eigenvalue weighted by molar-refractivity contribution is 5.78. The lowest BCUT2D eigenvalue weighted by Gasteiger charge is -2.27. The molecule has 0 amide bonds. The van der Waals surface area contributed by atoms with Crippen molar-refractivity contribution in [2.24, 2.45) is 0 Å². The van der Waals surface area contributed by atoms with E-state index >= 15 is 0 Å². The lowest BCUT2D eigenvalue weighted by Crippen LogP contribution is -2.43. The largest absolute Gasteiger partial charge is 0.493 e. The fourth-order valence-electron chi connectivity index (χ4n) is 5.38. The Hall–Kier alpha value is -4.06. The zero-order valence-electron chi connectivity index (χ0n) is 23.3. The van der Waals surface area contributed by atoms with Crippen molar-refractivity contribution in [2.45, 2.75) is 70.3 Å². The van der Waals surface area contributed by atoms with Gasteiger partial charge in [0.1, 0.15) is 17.3 Å². The van der Waals surface area contributed by atoms with Crippen molar-refractivity contribution in [3.05, 3.63) is 101 Å². The maximum Gasteiger partial charge on any atom is 0.348 e. The number of carboxylic acid groups (broad SMARTS) is 1. The van der Waals surface area contributed by atoms with Gasteiger partial charge in [0.25, 0.3) is 0 Å². The van der Waals surface area contributed by atoms with Gasteiger partial charge in [0.15, 0.2) is 0 Å². The normalized spacial score (nSPS) is 15.3. The molecule has 1 aromatic heterocycles. The second-order valence-corrected chi connectivity index (χ2v) is 10.8. The van der Waals surface area contributed by atoms with Crippen molar-refractivity contribution in [3.63, 3.8) is 0 Å². The number of aryl methyl sites for hydroxylation is 1. The van der Waals surface area contributed by atoms with Gasteiger partial charge in [-0.15, -0.1) is 0 Å². The highest BCUT2D eigenvalue weighted by atomic mass is 16.5. The molecule has 40 heavy (non-hydrogen) atoms. The number of ether oxygens (including phenoxy) is 2. The van der Waals surface area contributed by atoms with Crippen LogP contribution in [0.4, 0.5) is 0 Å². The Balaban J connectivity index is 1.16. The van der Waals surface area contributed by atoms with E-state index < -0.39 is 11.6 Å². The summed E-state index contributed by atoms with van der Waals surface area (Å²) in [5.74, 6) is 2.28. The summed E-state index contributed by atoms with van der Waals surface area (Å²) in [6, 6.07) is 25.3. The molecule has 1 N–H and O–H groups in total. The number of rotatable bonds is 11. The van der Waals surface area contributed by atoms with E-state index in [1.807, 2.05) is 73.7 Å². The number of nitrogens with zero attached hydrogens (tertiary/aromatic N) is 1. The first kappa shape index (κ1) is 27.5. The first-order chi connectivity index (χ1) is 19.4. The number of benzene rings is 3. The lowest BCUT2D eigenvalue weighted by molar-refractivity contribution is -0.153. The van der Waals surface area contributed by atoms with Crippen LogP contribution < -0.4 is 9.47 Å². The van der Waals surface area contributed by atoms with E-state index in [4.69, 9.17) is 13.9 Å². The Morgan fingerprint density at radius 3 is 2.30 bits per heavy atom. The number of carbonyl (C=O) groups is 1. The summed E-state index contributed by atoms with van der Waals surface area (Å²) in [6.45, 7) is 3.99. The second kappa shape index (κ2) is 12.4. The predicted molar refractivity (Wildman–Crippen MR) is 155 cm³/mol. The fourth-order valence-corrected chi connectivity index (χ4v) is 5.38. The van der Waals surface area contributed by atoms with Gasteiger partial charge in [-0.25, -0.2) is 9.78 Å². The SMILES string of the molecule is Cc1oc(-c2ccccc2)nc1CCOc1ccc(CC(C)(Oc2ccc(C3CCCCC3)cc2)C(=O)O)cc1. The van der Waals surface area contributed by atoms with E-state index in [0.29, 0.717) is 36.3 Å². The topological polar surface area (TPSA) is 81.8 Å². The molecule has 1 heterocycles. The smallest absolute Gasteiger partial charge is 0.348 e. The third kappa shape index (κ3) is 6.74. The van der Waals surface area contributed by atoms with Crippen molar-refractivity contribution < 1.29 is 23.8 Å². The van der Waals surface area contributed by atoms with Crippen LogP contribution in [0.15, 0.2) is 83.3 Å². The van der Waals surface area contributed by atoms with Crippen LogP contribution in [0, 0.1) is 6.92 Å². The van der Waals surface area contributed by atoms with Gasteiger partial charge < -0.3 is 19.0 Å². The second-order valence-electron chi connectivity index (χ2n) is 10.8. The molecule has 1 fully saturated rings. The Labute approximate surface area is 236 Å². The van der Waals surface area contributed by atoms with Crippen LogP contribution in [0.5, 0.6) is 11.5 Å². The molecule has 6 nitrogen and oxygen atoms in total. The van der Waals surface area contributed by atoms with Crippen molar-refractivity contribution in [1.29, 1.82) is 0 Å². The molecule has 0 aliphatic heterocycles. The predicted octanol–water partition coefficient (Wildman–Crippen LogP) is 7.78. The minimum Gasteiger partial charge on any atom is -0.493 e. The molecule has 0 radical (unpaired) electrons. The molecule has 4 aromatic rings.